The van der Waals surface area contributed by atoms with Gasteiger partial charge in [0.15, 0.2) is 0 Å². The fourth-order valence-corrected chi connectivity index (χ4v) is 1.91. The van der Waals surface area contributed by atoms with Crippen LogP contribution in [0.1, 0.15) is 22.8 Å². The van der Waals surface area contributed by atoms with Crippen LogP contribution in [-0.2, 0) is 4.74 Å². The SMILES string of the molecule is Cc1ccc(C(=O)N2CCOC(C)C2)cc1F. The van der Waals surface area contributed by atoms with Crippen LogP contribution in [0.15, 0.2) is 18.2 Å². The molecule has 0 aliphatic carbocycles. The van der Waals surface area contributed by atoms with Gasteiger partial charge in [0, 0.05) is 18.7 Å². The topological polar surface area (TPSA) is 29.5 Å². The van der Waals surface area contributed by atoms with Crippen LogP contribution >= 0.6 is 0 Å². The van der Waals surface area contributed by atoms with E-state index in [0.29, 0.717) is 30.8 Å². The molecule has 1 saturated heterocycles. The van der Waals surface area contributed by atoms with Crippen molar-refractivity contribution in [1.82, 2.24) is 4.90 Å². The van der Waals surface area contributed by atoms with Gasteiger partial charge in [-0.3, -0.25) is 4.79 Å². The fourth-order valence-electron chi connectivity index (χ4n) is 1.91. The second kappa shape index (κ2) is 4.84. The highest BCUT2D eigenvalue weighted by Crippen LogP contribution is 2.13. The van der Waals surface area contributed by atoms with E-state index in [1.54, 1.807) is 24.0 Å². The molecular weight excluding hydrogens is 221 g/mol. The highest BCUT2D eigenvalue weighted by atomic mass is 19.1. The Morgan fingerprint density at radius 1 is 1.53 bits per heavy atom. The minimum atomic E-state index is -0.336. The van der Waals surface area contributed by atoms with Crippen LogP contribution in [0.4, 0.5) is 4.39 Å². The summed E-state index contributed by atoms with van der Waals surface area (Å²) < 4.78 is 18.8. The number of rotatable bonds is 1. The lowest BCUT2D eigenvalue weighted by Gasteiger charge is -2.31. The Labute approximate surface area is 100 Å². The third-order valence-electron chi connectivity index (χ3n) is 2.95. The van der Waals surface area contributed by atoms with Crippen LogP contribution in [-0.4, -0.2) is 36.6 Å². The molecule has 2 rings (SSSR count). The van der Waals surface area contributed by atoms with Gasteiger partial charge >= 0.3 is 0 Å². The van der Waals surface area contributed by atoms with Crippen LogP contribution in [0.25, 0.3) is 0 Å². The van der Waals surface area contributed by atoms with Gasteiger partial charge in [0.25, 0.3) is 5.91 Å². The zero-order valence-electron chi connectivity index (χ0n) is 10.1. The van der Waals surface area contributed by atoms with E-state index >= 15 is 0 Å². The number of morpholine rings is 1. The van der Waals surface area contributed by atoms with Crippen LogP contribution in [0.3, 0.4) is 0 Å². The maximum Gasteiger partial charge on any atom is 0.254 e. The molecule has 0 radical (unpaired) electrons. The van der Waals surface area contributed by atoms with Gasteiger partial charge < -0.3 is 9.64 Å². The Bertz CT molecular complexity index is 433. The molecule has 1 aliphatic rings. The highest BCUT2D eigenvalue weighted by molar-refractivity contribution is 5.94. The summed E-state index contributed by atoms with van der Waals surface area (Å²) in [4.78, 5) is 13.8. The summed E-state index contributed by atoms with van der Waals surface area (Å²) >= 11 is 0. The van der Waals surface area contributed by atoms with E-state index in [1.165, 1.54) is 6.07 Å². The number of ether oxygens (including phenoxy) is 1. The van der Waals surface area contributed by atoms with Gasteiger partial charge in [-0.05, 0) is 31.5 Å². The molecule has 0 aromatic heterocycles. The summed E-state index contributed by atoms with van der Waals surface area (Å²) in [6.45, 7) is 5.28. The van der Waals surface area contributed by atoms with Crippen molar-refractivity contribution in [2.75, 3.05) is 19.7 Å². The number of carbonyl (C=O) groups excluding carboxylic acids is 1. The molecule has 1 heterocycles. The smallest absolute Gasteiger partial charge is 0.254 e. The molecule has 1 atom stereocenters. The first-order valence-electron chi connectivity index (χ1n) is 5.75. The monoisotopic (exact) mass is 237 g/mol. The second-order valence-corrected chi connectivity index (χ2v) is 4.40. The summed E-state index contributed by atoms with van der Waals surface area (Å²) in [6.07, 6.45) is 0.0444. The summed E-state index contributed by atoms with van der Waals surface area (Å²) in [7, 11) is 0. The Morgan fingerprint density at radius 2 is 2.29 bits per heavy atom. The lowest BCUT2D eigenvalue weighted by Crippen LogP contribution is -2.44. The van der Waals surface area contributed by atoms with E-state index in [0.717, 1.165) is 0 Å². The average molecular weight is 237 g/mol. The van der Waals surface area contributed by atoms with Gasteiger partial charge in [-0.2, -0.15) is 0 Å². The zero-order chi connectivity index (χ0) is 12.4. The summed E-state index contributed by atoms with van der Waals surface area (Å²) in [5.41, 5.74) is 0.957. The first-order chi connectivity index (χ1) is 8.08. The van der Waals surface area contributed by atoms with E-state index in [2.05, 4.69) is 0 Å². The molecule has 1 aromatic carbocycles. The quantitative estimate of drug-likeness (QED) is 0.747. The van der Waals surface area contributed by atoms with Crippen molar-refractivity contribution in [2.24, 2.45) is 0 Å². The standard InChI is InChI=1S/C13H16FNO2/c1-9-3-4-11(7-12(9)14)13(16)15-5-6-17-10(2)8-15/h3-4,7,10H,5-6,8H2,1-2H3. The number of hydrogen-bond acceptors (Lipinski definition) is 2. The van der Waals surface area contributed by atoms with Gasteiger partial charge in [-0.25, -0.2) is 4.39 Å². The van der Waals surface area contributed by atoms with Crippen LogP contribution in [0.2, 0.25) is 0 Å². The minimum Gasteiger partial charge on any atom is -0.375 e. The predicted molar refractivity (Wildman–Crippen MR) is 62.5 cm³/mol. The Hall–Kier alpha value is -1.42. The second-order valence-electron chi connectivity index (χ2n) is 4.40. The third kappa shape index (κ3) is 2.64. The molecule has 0 spiro atoms. The van der Waals surface area contributed by atoms with Crippen molar-refractivity contribution < 1.29 is 13.9 Å². The van der Waals surface area contributed by atoms with Crippen molar-refractivity contribution in [3.05, 3.63) is 35.1 Å². The van der Waals surface area contributed by atoms with Crippen molar-refractivity contribution in [3.8, 4) is 0 Å². The molecule has 4 heteroatoms. The molecular formula is C13H16FNO2. The molecule has 1 fully saturated rings. The van der Waals surface area contributed by atoms with Gasteiger partial charge in [-0.15, -0.1) is 0 Å². The molecule has 1 amide bonds. The number of carbonyl (C=O) groups is 1. The molecule has 1 aliphatic heterocycles. The van der Waals surface area contributed by atoms with E-state index < -0.39 is 0 Å². The first kappa shape index (κ1) is 12.0. The van der Waals surface area contributed by atoms with Crippen LogP contribution in [0.5, 0.6) is 0 Å². The van der Waals surface area contributed by atoms with E-state index in [4.69, 9.17) is 4.74 Å². The largest absolute Gasteiger partial charge is 0.375 e. The normalized spacial score (nSPS) is 20.4. The third-order valence-corrected chi connectivity index (χ3v) is 2.95. The molecule has 0 saturated carbocycles. The number of nitrogens with zero attached hydrogens (tertiary/aromatic N) is 1. The maximum absolute atomic E-state index is 13.4. The Morgan fingerprint density at radius 3 is 2.94 bits per heavy atom. The Kier molecular flexibility index (Phi) is 3.43. The van der Waals surface area contributed by atoms with Crippen molar-refractivity contribution in [2.45, 2.75) is 20.0 Å². The molecule has 0 bridgehead atoms. The zero-order valence-corrected chi connectivity index (χ0v) is 10.1. The first-order valence-corrected chi connectivity index (χ1v) is 5.75. The number of benzene rings is 1. The molecule has 0 N–H and O–H groups in total. The van der Waals surface area contributed by atoms with E-state index in [9.17, 15) is 9.18 Å². The van der Waals surface area contributed by atoms with Crippen molar-refractivity contribution in [1.29, 1.82) is 0 Å². The van der Waals surface area contributed by atoms with Gasteiger partial charge in [0.1, 0.15) is 5.82 Å². The van der Waals surface area contributed by atoms with Gasteiger partial charge in [0.05, 0.1) is 12.7 Å². The molecule has 17 heavy (non-hydrogen) atoms. The molecule has 92 valence electrons. The van der Waals surface area contributed by atoms with Crippen LogP contribution in [0, 0.1) is 12.7 Å². The summed E-state index contributed by atoms with van der Waals surface area (Å²) in [5.74, 6) is -0.462. The maximum atomic E-state index is 13.4. The van der Waals surface area contributed by atoms with E-state index in [1.807, 2.05) is 6.92 Å². The summed E-state index contributed by atoms with van der Waals surface area (Å²) in [5, 5.41) is 0. The summed E-state index contributed by atoms with van der Waals surface area (Å²) in [6, 6.07) is 4.60. The number of amides is 1. The minimum absolute atomic E-state index is 0.0444. The molecule has 3 nitrogen and oxygen atoms in total. The molecule has 1 unspecified atom stereocenters. The predicted octanol–water partition coefficient (Wildman–Crippen LogP) is 2.00. The van der Waals surface area contributed by atoms with E-state index in [-0.39, 0.29) is 17.8 Å². The highest BCUT2D eigenvalue weighted by Gasteiger charge is 2.22. The van der Waals surface area contributed by atoms with Crippen molar-refractivity contribution >= 4 is 5.91 Å². The number of aryl methyl sites for hydroxylation is 1. The average Bonchev–Trinajstić information content (AvgIpc) is 2.32. The lowest BCUT2D eigenvalue weighted by molar-refractivity contribution is -0.0124. The van der Waals surface area contributed by atoms with Crippen molar-refractivity contribution in [3.63, 3.8) is 0 Å². The number of hydrogen-bond donors (Lipinski definition) is 0. The van der Waals surface area contributed by atoms with Gasteiger partial charge in [-0.1, -0.05) is 6.07 Å². The van der Waals surface area contributed by atoms with Crippen LogP contribution < -0.4 is 0 Å². The van der Waals surface area contributed by atoms with Gasteiger partial charge in [0.2, 0.25) is 0 Å². The Balaban J connectivity index is 2.15. The fraction of sp³-hybridized carbons (Fsp3) is 0.462. The molecule has 1 aromatic rings. The number of halogens is 1. The lowest BCUT2D eigenvalue weighted by atomic mass is 10.1.